The predicted molar refractivity (Wildman–Crippen MR) is 83.0 cm³/mol. The molecule has 0 bridgehead atoms. The molecule has 2 rings (SSSR count). The molecule has 1 unspecified atom stereocenters. The van der Waals surface area contributed by atoms with E-state index in [0.717, 1.165) is 42.1 Å². The Labute approximate surface area is 127 Å². The number of amides is 1. The summed E-state index contributed by atoms with van der Waals surface area (Å²) in [5, 5.41) is 0. The third kappa shape index (κ3) is 3.69. The molecule has 0 N–H and O–H groups in total. The standard InChI is InChI=1S/C17H25NO3/c1-12-6-5-7-18(11-12)17(19)10-14-9-15(20-3)13(2)8-16(14)21-4/h8-9,12H,5-7,10-11H2,1-4H3. The van der Waals surface area contributed by atoms with Gasteiger partial charge in [-0.05, 0) is 43.4 Å². The summed E-state index contributed by atoms with van der Waals surface area (Å²) in [6, 6.07) is 3.85. The van der Waals surface area contributed by atoms with Crippen LogP contribution in [0.25, 0.3) is 0 Å². The summed E-state index contributed by atoms with van der Waals surface area (Å²) < 4.78 is 10.8. The molecule has 1 aliphatic rings. The van der Waals surface area contributed by atoms with Gasteiger partial charge < -0.3 is 14.4 Å². The summed E-state index contributed by atoms with van der Waals surface area (Å²) in [6.07, 6.45) is 2.68. The maximum atomic E-state index is 12.5. The lowest BCUT2D eigenvalue weighted by molar-refractivity contribution is -0.132. The number of piperidine rings is 1. The molecule has 1 saturated heterocycles. The van der Waals surface area contributed by atoms with Crippen LogP contribution in [-0.2, 0) is 11.2 Å². The zero-order valence-corrected chi connectivity index (χ0v) is 13.4. The summed E-state index contributed by atoms with van der Waals surface area (Å²) in [5.41, 5.74) is 1.90. The maximum absolute atomic E-state index is 12.5. The average molecular weight is 291 g/mol. The van der Waals surface area contributed by atoms with Crippen molar-refractivity contribution in [3.63, 3.8) is 0 Å². The number of nitrogens with zero attached hydrogens (tertiary/aromatic N) is 1. The fourth-order valence-corrected chi connectivity index (χ4v) is 2.94. The quantitative estimate of drug-likeness (QED) is 0.856. The fraction of sp³-hybridized carbons (Fsp3) is 0.588. The van der Waals surface area contributed by atoms with Crippen LogP contribution in [-0.4, -0.2) is 38.1 Å². The molecule has 0 radical (unpaired) electrons. The largest absolute Gasteiger partial charge is 0.496 e. The number of likely N-dealkylation sites (tertiary alicyclic amines) is 1. The van der Waals surface area contributed by atoms with Gasteiger partial charge in [0.25, 0.3) is 0 Å². The molecular formula is C17H25NO3. The molecule has 0 aliphatic carbocycles. The van der Waals surface area contributed by atoms with Crippen LogP contribution in [0.1, 0.15) is 30.9 Å². The lowest BCUT2D eigenvalue weighted by Gasteiger charge is -2.31. The lowest BCUT2D eigenvalue weighted by atomic mass is 9.99. The molecule has 0 spiro atoms. The van der Waals surface area contributed by atoms with Gasteiger partial charge in [0.15, 0.2) is 0 Å². The van der Waals surface area contributed by atoms with Gasteiger partial charge in [0.05, 0.1) is 20.6 Å². The minimum atomic E-state index is 0.172. The minimum absolute atomic E-state index is 0.172. The van der Waals surface area contributed by atoms with Crippen LogP contribution >= 0.6 is 0 Å². The third-order valence-electron chi connectivity index (χ3n) is 4.15. The van der Waals surface area contributed by atoms with Crippen molar-refractivity contribution >= 4 is 5.91 Å². The van der Waals surface area contributed by atoms with Gasteiger partial charge in [0, 0.05) is 18.7 Å². The maximum Gasteiger partial charge on any atom is 0.227 e. The van der Waals surface area contributed by atoms with Gasteiger partial charge in [0.1, 0.15) is 11.5 Å². The first-order valence-corrected chi connectivity index (χ1v) is 7.54. The number of carbonyl (C=O) groups excluding carboxylic acids is 1. The second-order valence-electron chi connectivity index (χ2n) is 5.90. The van der Waals surface area contributed by atoms with Gasteiger partial charge in [-0.3, -0.25) is 4.79 Å². The Morgan fingerprint density at radius 1 is 1.29 bits per heavy atom. The van der Waals surface area contributed by atoms with Gasteiger partial charge in [0.2, 0.25) is 5.91 Å². The molecule has 1 atom stereocenters. The van der Waals surface area contributed by atoms with Crippen molar-refractivity contribution in [2.75, 3.05) is 27.3 Å². The highest BCUT2D eigenvalue weighted by atomic mass is 16.5. The van der Waals surface area contributed by atoms with E-state index < -0.39 is 0 Å². The highest BCUT2D eigenvalue weighted by molar-refractivity contribution is 5.80. The molecule has 1 aromatic rings. The lowest BCUT2D eigenvalue weighted by Crippen LogP contribution is -2.39. The number of ether oxygens (including phenoxy) is 2. The first-order valence-electron chi connectivity index (χ1n) is 7.54. The van der Waals surface area contributed by atoms with Crippen LogP contribution in [0.4, 0.5) is 0 Å². The van der Waals surface area contributed by atoms with E-state index in [1.807, 2.05) is 24.0 Å². The van der Waals surface area contributed by atoms with Crippen molar-refractivity contribution < 1.29 is 14.3 Å². The first kappa shape index (κ1) is 15.7. The molecule has 1 heterocycles. The van der Waals surface area contributed by atoms with Crippen molar-refractivity contribution in [3.05, 3.63) is 23.3 Å². The summed E-state index contributed by atoms with van der Waals surface area (Å²) >= 11 is 0. The molecule has 1 aromatic carbocycles. The molecule has 1 amide bonds. The molecule has 1 aliphatic heterocycles. The fourth-order valence-electron chi connectivity index (χ4n) is 2.94. The normalized spacial score (nSPS) is 18.5. The minimum Gasteiger partial charge on any atom is -0.496 e. The highest BCUT2D eigenvalue weighted by Gasteiger charge is 2.22. The van der Waals surface area contributed by atoms with Crippen LogP contribution in [0.3, 0.4) is 0 Å². The summed E-state index contributed by atoms with van der Waals surface area (Å²) in [4.78, 5) is 14.5. The number of rotatable bonds is 4. The zero-order valence-electron chi connectivity index (χ0n) is 13.4. The van der Waals surface area contributed by atoms with Gasteiger partial charge >= 0.3 is 0 Å². The topological polar surface area (TPSA) is 38.8 Å². The van der Waals surface area contributed by atoms with Crippen molar-refractivity contribution in [2.45, 2.75) is 33.1 Å². The van der Waals surface area contributed by atoms with Crippen molar-refractivity contribution in [1.82, 2.24) is 4.90 Å². The Morgan fingerprint density at radius 3 is 2.62 bits per heavy atom. The number of carbonyl (C=O) groups is 1. The van der Waals surface area contributed by atoms with Crippen LogP contribution in [0.5, 0.6) is 11.5 Å². The van der Waals surface area contributed by atoms with E-state index in [-0.39, 0.29) is 5.91 Å². The van der Waals surface area contributed by atoms with Gasteiger partial charge in [-0.1, -0.05) is 6.92 Å². The Balaban J connectivity index is 2.16. The SMILES string of the molecule is COc1cc(CC(=O)N2CCCC(C)C2)c(OC)cc1C. The molecule has 4 heteroatoms. The molecule has 0 saturated carbocycles. The van der Waals surface area contributed by atoms with E-state index in [9.17, 15) is 4.79 Å². The second-order valence-corrected chi connectivity index (χ2v) is 5.90. The van der Waals surface area contributed by atoms with E-state index in [4.69, 9.17) is 9.47 Å². The zero-order chi connectivity index (χ0) is 15.4. The van der Waals surface area contributed by atoms with Gasteiger partial charge in [-0.25, -0.2) is 0 Å². The van der Waals surface area contributed by atoms with Crippen molar-refractivity contribution in [3.8, 4) is 11.5 Å². The molecule has 4 nitrogen and oxygen atoms in total. The van der Waals surface area contributed by atoms with Crippen LogP contribution < -0.4 is 9.47 Å². The summed E-state index contributed by atoms with van der Waals surface area (Å²) in [7, 11) is 3.28. The number of hydrogen-bond donors (Lipinski definition) is 0. The van der Waals surface area contributed by atoms with Crippen molar-refractivity contribution in [1.29, 1.82) is 0 Å². The van der Waals surface area contributed by atoms with E-state index >= 15 is 0 Å². The van der Waals surface area contributed by atoms with E-state index in [2.05, 4.69) is 6.92 Å². The van der Waals surface area contributed by atoms with E-state index in [1.165, 1.54) is 6.42 Å². The monoisotopic (exact) mass is 291 g/mol. The summed E-state index contributed by atoms with van der Waals surface area (Å²) in [5.74, 6) is 2.32. The Bertz CT molecular complexity index is 513. The average Bonchev–Trinajstić information content (AvgIpc) is 2.48. The predicted octanol–water partition coefficient (Wildman–Crippen LogP) is 2.81. The highest BCUT2D eigenvalue weighted by Crippen LogP contribution is 2.29. The third-order valence-corrected chi connectivity index (χ3v) is 4.15. The van der Waals surface area contributed by atoms with Crippen molar-refractivity contribution in [2.24, 2.45) is 5.92 Å². The van der Waals surface area contributed by atoms with Gasteiger partial charge in [-0.15, -0.1) is 0 Å². The van der Waals surface area contributed by atoms with Gasteiger partial charge in [-0.2, -0.15) is 0 Å². The Morgan fingerprint density at radius 2 is 2.00 bits per heavy atom. The Hall–Kier alpha value is -1.71. The molecule has 1 fully saturated rings. The number of hydrogen-bond acceptors (Lipinski definition) is 3. The smallest absolute Gasteiger partial charge is 0.227 e. The summed E-state index contributed by atoms with van der Waals surface area (Å²) in [6.45, 7) is 5.91. The van der Waals surface area contributed by atoms with E-state index in [0.29, 0.717) is 12.3 Å². The van der Waals surface area contributed by atoms with Crippen LogP contribution in [0.15, 0.2) is 12.1 Å². The number of aryl methyl sites for hydroxylation is 1. The number of methoxy groups -OCH3 is 2. The Kier molecular flexibility index (Phi) is 5.10. The first-order chi connectivity index (χ1) is 10.0. The van der Waals surface area contributed by atoms with E-state index in [1.54, 1.807) is 14.2 Å². The molecule has 116 valence electrons. The number of benzene rings is 1. The molecular weight excluding hydrogens is 266 g/mol. The molecule has 21 heavy (non-hydrogen) atoms. The van der Waals surface area contributed by atoms with Crippen LogP contribution in [0, 0.1) is 12.8 Å². The second kappa shape index (κ2) is 6.83. The van der Waals surface area contributed by atoms with Crippen LogP contribution in [0.2, 0.25) is 0 Å². The molecule has 0 aromatic heterocycles.